The number of halogens is 2. The van der Waals surface area contributed by atoms with E-state index >= 15 is 0 Å². The van der Waals surface area contributed by atoms with Gasteiger partial charge in [-0.1, -0.05) is 67.0 Å². The Labute approximate surface area is 309 Å². The van der Waals surface area contributed by atoms with Gasteiger partial charge in [0.15, 0.2) is 6.29 Å². The molecule has 0 bridgehead atoms. The number of nitrogens with two attached hydrogens (primary N) is 1. The second kappa shape index (κ2) is 18.1. The molecule has 4 aliphatic rings. The zero-order valence-corrected chi connectivity index (χ0v) is 31.3. The number of benzene rings is 2. The van der Waals surface area contributed by atoms with Crippen LogP contribution in [0.1, 0.15) is 90.6 Å². The molecule has 2 aliphatic heterocycles. The van der Waals surface area contributed by atoms with Crippen molar-refractivity contribution < 1.29 is 23.9 Å². The fourth-order valence-electron chi connectivity index (χ4n) is 7.23. The molecule has 2 aromatic carbocycles. The van der Waals surface area contributed by atoms with E-state index < -0.39 is 11.2 Å². The first-order valence-electron chi connectivity index (χ1n) is 17.4. The Morgan fingerprint density at radius 2 is 1.18 bits per heavy atom. The number of hydrogen-bond acceptors (Lipinski definition) is 7. The lowest BCUT2D eigenvalue weighted by atomic mass is 10.0. The summed E-state index contributed by atoms with van der Waals surface area (Å²) in [6.07, 6.45) is 4.76. The van der Waals surface area contributed by atoms with Gasteiger partial charge in [-0.2, -0.15) is 0 Å². The number of nitrogens with zero attached hydrogens (tertiary/aromatic N) is 2. The third-order valence-corrected chi connectivity index (χ3v) is 10.1. The van der Waals surface area contributed by atoms with Crippen LogP contribution in [0, 0.1) is 23.7 Å². The molecule has 0 aromatic heterocycles. The zero-order valence-electron chi connectivity index (χ0n) is 29.8. The largest absolute Gasteiger partial charge is 0.444 e. The number of aldehydes is 1. The van der Waals surface area contributed by atoms with Crippen LogP contribution in [0.25, 0.3) is 0 Å². The van der Waals surface area contributed by atoms with Gasteiger partial charge in [0, 0.05) is 55.4 Å². The van der Waals surface area contributed by atoms with Gasteiger partial charge in [-0.3, -0.25) is 4.79 Å². The number of amides is 2. The molecular formula is C39H58Cl2N4O5. The number of rotatable bonds is 4. The average Bonchev–Trinajstić information content (AvgIpc) is 3.76. The fraction of sp³-hybridized carbons (Fsp3) is 0.615. The van der Waals surface area contributed by atoms with E-state index in [4.69, 9.17) is 38.4 Å². The van der Waals surface area contributed by atoms with E-state index in [1.54, 1.807) is 24.3 Å². The summed E-state index contributed by atoms with van der Waals surface area (Å²) >= 11 is 11.8. The molecule has 2 unspecified atom stereocenters. The molecule has 9 nitrogen and oxygen atoms in total. The number of hydrogen-bond donors (Lipinski definition) is 2. The molecule has 2 heterocycles. The molecule has 2 aromatic rings. The number of carbonyl (C=O) groups excluding carboxylic acids is 3. The normalized spacial score (nSPS) is 25.2. The minimum absolute atomic E-state index is 0. The molecule has 50 heavy (non-hydrogen) atoms. The van der Waals surface area contributed by atoms with Gasteiger partial charge in [-0.05, 0) is 109 Å². The van der Waals surface area contributed by atoms with Crippen molar-refractivity contribution in [2.75, 3.05) is 26.2 Å². The predicted molar refractivity (Wildman–Crippen MR) is 202 cm³/mol. The van der Waals surface area contributed by atoms with Crippen molar-refractivity contribution in [2.45, 2.75) is 104 Å². The maximum Gasteiger partial charge on any atom is 0.410 e. The van der Waals surface area contributed by atoms with E-state index in [1.807, 2.05) is 69.5 Å². The molecule has 278 valence electrons. The van der Waals surface area contributed by atoms with Crippen LogP contribution in [0.15, 0.2) is 48.5 Å². The maximum absolute atomic E-state index is 12.2. The third kappa shape index (κ3) is 12.4. The molecule has 11 heteroatoms. The molecule has 3 N–H and O–H groups in total. The highest BCUT2D eigenvalue weighted by atomic mass is 35.5. The summed E-state index contributed by atoms with van der Waals surface area (Å²) in [6, 6.07) is 15.7. The van der Waals surface area contributed by atoms with Gasteiger partial charge >= 0.3 is 12.2 Å². The van der Waals surface area contributed by atoms with E-state index in [2.05, 4.69) is 11.4 Å². The van der Waals surface area contributed by atoms with Crippen molar-refractivity contribution in [1.82, 2.24) is 15.1 Å². The Kier molecular flexibility index (Phi) is 15.0. The zero-order chi connectivity index (χ0) is 35.9. The minimum atomic E-state index is -0.423. The van der Waals surface area contributed by atoms with Gasteiger partial charge in [0.05, 0.1) is 5.02 Å². The van der Waals surface area contributed by atoms with Gasteiger partial charge in [0.1, 0.15) is 11.2 Å². The van der Waals surface area contributed by atoms with Crippen LogP contribution in [-0.2, 0) is 16.0 Å². The SMILES string of the molecule is C.CC(C)(C)OC(=O)N1C[C@H]2CC(N)C[C@H]2C1.CC(C)(C)OC(=O)N1C[C@H]2CC(NCc3ccccc3Cl)C[C@H]2C1.O=Cc1ccccc1Cl. The van der Waals surface area contributed by atoms with E-state index in [1.165, 1.54) is 0 Å². The Morgan fingerprint density at radius 3 is 1.58 bits per heavy atom. The first kappa shape index (κ1) is 41.6. The summed E-state index contributed by atoms with van der Waals surface area (Å²) in [5.41, 5.74) is 6.78. The third-order valence-electron chi connectivity index (χ3n) is 9.41. The molecular weight excluding hydrogens is 675 g/mol. The van der Waals surface area contributed by atoms with Crippen molar-refractivity contribution in [3.63, 3.8) is 0 Å². The first-order valence-corrected chi connectivity index (χ1v) is 18.1. The maximum atomic E-state index is 12.2. The van der Waals surface area contributed by atoms with Crippen LogP contribution < -0.4 is 11.1 Å². The van der Waals surface area contributed by atoms with E-state index in [9.17, 15) is 14.4 Å². The van der Waals surface area contributed by atoms with Crippen LogP contribution >= 0.6 is 23.2 Å². The summed E-state index contributed by atoms with van der Waals surface area (Å²) in [5.74, 6) is 2.37. The highest BCUT2D eigenvalue weighted by Crippen LogP contribution is 2.39. The van der Waals surface area contributed by atoms with Gasteiger partial charge in [-0.25, -0.2) is 9.59 Å². The first-order chi connectivity index (χ1) is 23.0. The monoisotopic (exact) mass is 732 g/mol. The van der Waals surface area contributed by atoms with Crippen LogP contribution in [0.4, 0.5) is 9.59 Å². The Morgan fingerprint density at radius 1 is 0.760 bits per heavy atom. The predicted octanol–water partition coefficient (Wildman–Crippen LogP) is 8.45. The molecule has 4 fully saturated rings. The number of ether oxygens (including phenoxy) is 2. The van der Waals surface area contributed by atoms with Crippen molar-refractivity contribution >= 4 is 41.7 Å². The van der Waals surface area contributed by atoms with Crippen LogP contribution in [0.5, 0.6) is 0 Å². The lowest BCUT2D eigenvalue weighted by Gasteiger charge is -2.25. The summed E-state index contributed by atoms with van der Waals surface area (Å²) < 4.78 is 10.9. The molecule has 0 spiro atoms. The van der Waals surface area contributed by atoms with Crippen molar-refractivity contribution in [1.29, 1.82) is 0 Å². The van der Waals surface area contributed by atoms with Gasteiger partial charge in [0.2, 0.25) is 0 Å². The lowest BCUT2D eigenvalue weighted by Crippen LogP contribution is -2.37. The minimum Gasteiger partial charge on any atom is -0.444 e. The Hall–Kier alpha value is -2.85. The number of nitrogens with one attached hydrogen (secondary N) is 1. The summed E-state index contributed by atoms with van der Waals surface area (Å²) in [5, 5.41) is 4.96. The summed E-state index contributed by atoms with van der Waals surface area (Å²) in [6.45, 7) is 15.5. The molecule has 2 saturated heterocycles. The van der Waals surface area contributed by atoms with Crippen LogP contribution in [-0.4, -0.2) is 77.7 Å². The molecule has 2 aliphatic carbocycles. The number of carbonyl (C=O) groups is 3. The lowest BCUT2D eigenvalue weighted by molar-refractivity contribution is 0.0269. The molecule has 2 saturated carbocycles. The second-order valence-corrected chi connectivity index (χ2v) is 16.6. The van der Waals surface area contributed by atoms with E-state index in [-0.39, 0.29) is 19.6 Å². The van der Waals surface area contributed by atoms with Crippen LogP contribution in [0.2, 0.25) is 10.0 Å². The van der Waals surface area contributed by atoms with Crippen LogP contribution in [0.3, 0.4) is 0 Å². The van der Waals surface area contributed by atoms with Gasteiger partial charge in [-0.15, -0.1) is 0 Å². The molecule has 6 atom stereocenters. The quantitative estimate of drug-likeness (QED) is 0.303. The Balaban J connectivity index is 0.000000224. The highest BCUT2D eigenvalue weighted by molar-refractivity contribution is 6.32. The van der Waals surface area contributed by atoms with Gasteiger partial charge in [0.25, 0.3) is 0 Å². The summed E-state index contributed by atoms with van der Waals surface area (Å²) in [7, 11) is 0. The molecule has 6 rings (SSSR count). The van der Waals surface area contributed by atoms with E-state index in [0.29, 0.717) is 46.3 Å². The van der Waals surface area contributed by atoms with Crippen molar-refractivity contribution in [3.05, 3.63) is 69.7 Å². The second-order valence-electron chi connectivity index (χ2n) is 15.8. The summed E-state index contributed by atoms with van der Waals surface area (Å²) in [4.78, 5) is 37.9. The standard InChI is InChI=1S/C19H27ClN2O2.C12H22N2O2.C7H5ClO.CH4/c1-19(2,3)24-18(23)22-11-14-8-16(9-15(14)12-22)21-10-13-6-4-5-7-17(13)20;1-12(2,3)16-11(15)14-6-8-4-10(13)5-9(8)7-14;8-7-4-2-1-3-6(7)5-9;/h4-7,14-16,21H,8-12H2,1-3H3;8-10H,4-7,13H2,1-3H3;1-5H;1H4/t14-,15+,16?;8-,9+,10?;;. The molecule has 2 amide bonds. The Bertz CT molecular complexity index is 1400. The highest BCUT2D eigenvalue weighted by Gasteiger charge is 2.44. The van der Waals surface area contributed by atoms with Crippen molar-refractivity contribution in [3.8, 4) is 0 Å². The van der Waals surface area contributed by atoms with E-state index in [0.717, 1.165) is 75.3 Å². The molecule has 0 radical (unpaired) electrons. The number of fused-ring (bicyclic) bond motifs is 2. The smallest absolute Gasteiger partial charge is 0.410 e. The van der Waals surface area contributed by atoms with Gasteiger partial charge < -0.3 is 30.3 Å². The average molecular weight is 734 g/mol. The van der Waals surface area contributed by atoms with Crippen molar-refractivity contribution in [2.24, 2.45) is 29.4 Å². The fourth-order valence-corrected chi connectivity index (χ4v) is 7.61. The topological polar surface area (TPSA) is 114 Å². The number of likely N-dealkylation sites (tertiary alicyclic amines) is 2.